The standard InChI is InChI=1S/C15H16Cl2N2O2/c16-11-2-3-12(21)14(15(11)17)9-1-4-13-18-10(5-6-20)8-19(13)7-9/h2-3,8-9,20-21H,1,4-7H2. The van der Waals surface area contributed by atoms with Gasteiger partial charge in [0.15, 0.2) is 0 Å². The summed E-state index contributed by atoms with van der Waals surface area (Å²) in [4.78, 5) is 4.51. The van der Waals surface area contributed by atoms with Gasteiger partial charge >= 0.3 is 0 Å². The number of aliphatic hydroxyl groups excluding tert-OH is 1. The molecule has 112 valence electrons. The maximum Gasteiger partial charge on any atom is 0.120 e. The summed E-state index contributed by atoms with van der Waals surface area (Å²) >= 11 is 12.3. The zero-order valence-corrected chi connectivity index (χ0v) is 12.9. The van der Waals surface area contributed by atoms with Crippen molar-refractivity contribution >= 4 is 23.2 Å². The zero-order valence-electron chi connectivity index (χ0n) is 11.4. The van der Waals surface area contributed by atoms with E-state index in [4.69, 9.17) is 28.3 Å². The molecule has 2 N–H and O–H groups in total. The molecule has 0 saturated carbocycles. The average Bonchev–Trinajstić information content (AvgIpc) is 2.85. The molecule has 0 saturated heterocycles. The van der Waals surface area contributed by atoms with Crippen molar-refractivity contribution in [1.29, 1.82) is 0 Å². The molecular formula is C15H16Cl2N2O2. The van der Waals surface area contributed by atoms with Crippen molar-refractivity contribution in [3.63, 3.8) is 0 Å². The Morgan fingerprint density at radius 1 is 1.33 bits per heavy atom. The molecule has 0 radical (unpaired) electrons. The smallest absolute Gasteiger partial charge is 0.120 e. The van der Waals surface area contributed by atoms with Gasteiger partial charge in [0.1, 0.15) is 11.6 Å². The summed E-state index contributed by atoms with van der Waals surface area (Å²) in [6.45, 7) is 0.808. The number of aliphatic hydroxyl groups is 1. The SMILES string of the molecule is OCCc1cn2c(n1)CCC(c1c(O)ccc(Cl)c1Cl)C2. The Kier molecular flexibility index (Phi) is 4.11. The van der Waals surface area contributed by atoms with Crippen molar-refractivity contribution in [2.45, 2.75) is 31.7 Å². The molecule has 4 nitrogen and oxygen atoms in total. The zero-order chi connectivity index (χ0) is 15.0. The highest BCUT2D eigenvalue weighted by atomic mass is 35.5. The molecule has 0 aliphatic carbocycles. The molecule has 1 atom stereocenters. The third-order valence-corrected chi connectivity index (χ3v) is 4.75. The van der Waals surface area contributed by atoms with Crippen LogP contribution in [0.1, 0.15) is 29.4 Å². The van der Waals surface area contributed by atoms with Gasteiger partial charge in [0.25, 0.3) is 0 Å². The molecule has 0 amide bonds. The van der Waals surface area contributed by atoms with Gasteiger partial charge < -0.3 is 14.8 Å². The number of rotatable bonds is 3. The molecule has 3 rings (SSSR count). The lowest BCUT2D eigenvalue weighted by Gasteiger charge is -2.25. The monoisotopic (exact) mass is 326 g/mol. The number of phenolic OH excluding ortho intramolecular Hbond substituents is 1. The number of phenols is 1. The Morgan fingerprint density at radius 2 is 2.14 bits per heavy atom. The lowest BCUT2D eigenvalue weighted by Crippen LogP contribution is -2.18. The summed E-state index contributed by atoms with van der Waals surface area (Å²) in [5.74, 6) is 1.32. The number of halogens is 2. The molecule has 1 aromatic heterocycles. The third kappa shape index (κ3) is 2.76. The second kappa shape index (κ2) is 5.87. The fourth-order valence-corrected chi connectivity index (χ4v) is 3.40. The molecule has 1 aliphatic rings. The summed E-state index contributed by atoms with van der Waals surface area (Å²) in [5, 5.41) is 20.0. The first kappa shape index (κ1) is 14.7. The van der Waals surface area contributed by atoms with Gasteiger partial charge in [0.05, 0.1) is 15.7 Å². The highest BCUT2D eigenvalue weighted by Crippen LogP contribution is 2.41. The summed E-state index contributed by atoms with van der Waals surface area (Å²) in [6.07, 6.45) is 4.21. The van der Waals surface area contributed by atoms with Gasteiger partial charge in [-0.1, -0.05) is 23.2 Å². The quantitative estimate of drug-likeness (QED) is 0.910. The number of aromatic hydroxyl groups is 1. The summed E-state index contributed by atoms with van der Waals surface area (Å²) in [7, 11) is 0. The van der Waals surface area contributed by atoms with Crippen molar-refractivity contribution in [1.82, 2.24) is 9.55 Å². The van der Waals surface area contributed by atoms with E-state index >= 15 is 0 Å². The van der Waals surface area contributed by atoms with E-state index in [-0.39, 0.29) is 18.3 Å². The molecule has 2 aromatic rings. The summed E-state index contributed by atoms with van der Waals surface area (Å²) in [6, 6.07) is 3.19. The third-order valence-electron chi connectivity index (χ3n) is 3.93. The lowest BCUT2D eigenvalue weighted by atomic mass is 9.91. The van der Waals surface area contributed by atoms with E-state index in [1.165, 1.54) is 0 Å². The van der Waals surface area contributed by atoms with E-state index in [1.807, 2.05) is 6.20 Å². The van der Waals surface area contributed by atoms with Crippen molar-refractivity contribution in [3.8, 4) is 5.75 Å². The maximum absolute atomic E-state index is 10.1. The molecule has 21 heavy (non-hydrogen) atoms. The summed E-state index contributed by atoms with van der Waals surface area (Å²) < 4.78 is 2.08. The van der Waals surface area contributed by atoms with Crippen LogP contribution in [0.25, 0.3) is 0 Å². The number of hydrogen-bond donors (Lipinski definition) is 2. The number of nitrogens with zero attached hydrogens (tertiary/aromatic N) is 2. The van der Waals surface area contributed by atoms with E-state index in [0.29, 0.717) is 28.6 Å². The van der Waals surface area contributed by atoms with Gasteiger partial charge in [-0.05, 0) is 18.6 Å². The molecule has 0 fully saturated rings. The van der Waals surface area contributed by atoms with Crippen LogP contribution in [0.3, 0.4) is 0 Å². The second-order valence-electron chi connectivity index (χ2n) is 5.30. The van der Waals surface area contributed by atoms with Crippen LogP contribution >= 0.6 is 23.2 Å². The van der Waals surface area contributed by atoms with Crippen LogP contribution in [-0.4, -0.2) is 26.4 Å². The van der Waals surface area contributed by atoms with E-state index in [0.717, 1.165) is 24.4 Å². The molecule has 0 spiro atoms. The van der Waals surface area contributed by atoms with E-state index in [2.05, 4.69) is 9.55 Å². The fraction of sp³-hybridized carbons (Fsp3) is 0.400. The topological polar surface area (TPSA) is 58.3 Å². The van der Waals surface area contributed by atoms with E-state index < -0.39 is 0 Å². The molecule has 1 unspecified atom stereocenters. The van der Waals surface area contributed by atoms with Crippen LogP contribution in [-0.2, 0) is 19.4 Å². The predicted octanol–water partition coefficient (Wildman–Crippen LogP) is 3.16. The minimum Gasteiger partial charge on any atom is -0.508 e. The molecule has 0 bridgehead atoms. The van der Waals surface area contributed by atoms with Crippen molar-refractivity contribution in [2.75, 3.05) is 6.61 Å². The largest absolute Gasteiger partial charge is 0.508 e. The van der Waals surface area contributed by atoms with Crippen LogP contribution in [0.15, 0.2) is 18.3 Å². The Hall–Kier alpha value is -1.23. The van der Waals surface area contributed by atoms with Gasteiger partial charge in [-0.2, -0.15) is 0 Å². The van der Waals surface area contributed by atoms with Crippen LogP contribution in [0, 0.1) is 0 Å². The van der Waals surface area contributed by atoms with Crippen molar-refractivity contribution in [2.24, 2.45) is 0 Å². The van der Waals surface area contributed by atoms with Gasteiger partial charge in [-0.15, -0.1) is 0 Å². The minimum atomic E-state index is 0.0980. The molecule has 2 heterocycles. The highest BCUT2D eigenvalue weighted by Gasteiger charge is 2.26. The summed E-state index contributed by atoms with van der Waals surface area (Å²) in [5.41, 5.74) is 1.61. The van der Waals surface area contributed by atoms with Gasteiger partial charge in [-0.25, -0.2) is 4.98 Å². The average molecular weight is 327 g/mol. The first-order valence-electron chi connectivity index (χ1n) is 6.92. The van der Waals surface area contributed by atoms with Crippen LogP contribution < -0.4 is 0 Å². The number of fused-ring (bicyclic) bond motifs is 1. The van der Waals surface area contributed by atoms with Crippen LogP contribution in [0.2, 0.25) is 10.0 Å². The number of hydrogen-bond acceptors (Lipinski definition) is 3. The number of aromatic nitrogens is 2. The van der Waals surface area contributed by atoms with Gasteiger partial charge in [0.2, 0.25) is 0 Å². The molecule has 1 aromatic carbocycles. The molecular weight excluding hydrogens is 311 g/mol. The number of benzene rings is 1. The maximum atomic E-state index is 10.1. The number of imidazole rings is 1. The van der Waals surface area contributed by atoms with Crippen LogP contribution in [0.5, 0.6) is 5.75 Å². The first-order valence-corrected chi connectivity index (χ1v) is 7.68. The van der Waals surface area contributed by atoms with Crippen LogP contribution in [0.4, 0.5) is 0 Å². The Bertz CT molecular complexity index is 670. The second-order valence-corrected chi connectivity index (χ2v) is 6.09. The lowest BCUT2D eigenvalue weighted by molar-refractivity contribution is 0.298. The normalized spacial score (nSPS) is 17.8. The first-order chi connectivity index (χ1) is 10.1. The number of aryl methyl sites for hydroxylation is 1. The van der Waals surface area contributed by atoms with Crippen molar-refractivity contribution in [3.05, 3.63) is 45.5 Å². The Balaban J connectivity index is 1.91. The molecule has 1 aliphatic heterocycles. The highest BCUT2D eigenvalue weighted by molar-refractivity contribution is 6.42. The minimum absolute atomic E-state index is 0.0980. The fourth-order valence-electron chi connectivity index (χ4n) is 2.92. The van der Waals surface area contributed by atoms with Crippen molar-refractivity contribution < 1.29 is 10.2 Å². The molecule has 6 heteroatoms. The Labute approximate surface area is 133 Å². The van der Waals surface area contributed by atoms with Gasteiger partial charge in [0, 0.05) is 43.7 Å². The Morgan fingerprint density at radius 3 is 2.90 bits per heavy atom. The van der Waals surface area contributed by atoms with E-state index in [1.54, 1.807) is 12.1 Å². The van der Waals surface area contributed by atoms with Gasteiger partial charge in [-0.3, -0.25) is 0 Å². The van der Waals surface area contributed by atoms with E-state index in [9.17, 15) is 5.11 Å². The predicted molar refractivity (Wildman–Crippen MR) is 82.2 cm³/mol.